The molecule has 0 aromatic heterocycles. The highest BCUT2D eigenvalue weighted by atomic mass is 16.3. The summed E-state index contributed by atoms with van der Waals surface area (Å²) in [7, 11) is 2.20. The molecule has 1 N–H and O–H groups in total. The lowest BCUT2D eigenvalue weighted by molar-refractivity contribution is -0.0866. The molecule has 0 aromatic rings. The van der Waals surface area contributed by atoms with Crippen molar-refractivity contribution in [1.82, 2.24) is 4.90 Å². The Morgan fingerprint density at radius 3 is 2.42 bits per heavy atom. The van der Waals surface area contributed by atoms with Gasteiger partial charge in [-0.2, -0.15) is 0 Å². The van der Waals surface area contributed by atoms with Gasteiger partial charge in [0.2, 0.25) is 0 Å². The zero-order chi connectivity index (χ0) is 13.7. The van der Waals surface area contributed by atoms with Crippen molar-refractivity contribution < 1.29 is 5.11 Å². The van der Waals surface area contributed by atoms with E-state index in [1.807, 2.05) is 0 Å². The van der Waals surface area contributed by atoms with Crippen molar-refractivity contribution in [3.8, 4) is 0 Å². The first-order valence-electron chi connectivity index (χ1n) is 8.07. The van der Waals surface area contributed by atoms with Crippen molar-refractivity contribution in [2.75, 3.05) is 20.1 Å². The summed E-state index contributed by atoms with van der Waals surface area (Å²) in [5.74, 6) is 0.476. The Bertz CT molecular complexity index is 390. The average molecular weight is 263 g/mol. The van der Waals surface area contributed by atoms with Gasteiger partial charge in [-0.05, 0) is 76.6 Å². The van der Waals surface area contributed by atoms with Gasteiger partial charge in [-0.1, -0.05) is 19.4 Å². The summed E-state index contributed by atoms with van der Waals surface area (Å²) in [5, 5.41) is 11.6. The van der Waals surface area contributed by atoms with Crippen molar-refractivity contribution in [2.24, 2.45) is 11.3 Å². The van der Waals surface area contributed by atoms with Crippen LogP contribution in [0.3, 0.4) is 0 Å². The second-order valence-corrected chi connectivity index (χ2v) is 7.69. The Morgan fingerprint density at radius 1 is 1.11 bits per heavy atom. The van der Waals surface area contributed by atoms with E-state index in [2.05, 4.69) is 25.8 Å². The van der Waals surface area contributed by atoms with Crippen molar-refractivity contribution in [2.45, 2.75) is 64.4 Å². The van der Waals surface area contributed by atoms with Crippen LogP contribution in [0.1, 0.15) is 58.8 Å². The van der Waals surface area contributed by atoms with Crippen LogP contribution in [0, 0.1) is 11.3 Å². The minimum Gasteiger partial charge on any atom is -0.385 e. The number of piperidine rings is 1. The summed E-state index contributed by atoms with van der Waals surface area (Å²) >= 11 is 0. The molecule has 1 saturated heterocycles. The largest absolute Gasteiger partial charge is 0.385 e. The summed E-state index contributed by atoms with van der Waals surface area (Å²) in [6, 6.07) is 0. The Labute approximate surface area is 117 Å². The zero-order valence-corrected chi connectivity index (χ0v) is 12.8. The average Bonchev–Trinajstić information content (AvgIpc) is 2.59. The van der Waals surface area contributed by atoms with Gasteiger partial charge in [0, 0.05) is 5.41 Å². The van der Waals surface area contributed by atoms with Gasteiger partial charge in [0.05, 0.1) is 5.60 Å². The van der Waals surface area contributed by atoms with E-state index < -0.39 is 5.60 Å². The van der Waals surface area contributed by atoms with Gasteiger partial charge in [-0.15, -0.1) is 0 Å². The first-order valence-corrected chi connectivity index (χ1v) is 8.07. The number of aliphatic hydroxyl groups is 1. The SMILES string of the molecule is CN1CCC(C2(O)C3=C(CCCC3)CC2(C)C)CC1. The van der Waals surface area contributed by atoms with Gasteiger partial charge in [0.25, 0.3) is 0 Å². The molecule has 2 heteroatoms. The van der Waals surface area contributed by atoms with Gasteiger partial charge in [-0.25, -0.2) is 0 Å². The van der Waals surface area contributed by atoms with Crippen molar-refractivity contribution in [3.63, 3.8) is 0 Å². The Hall–Kier alpha value is -0.340. The predicted molar refractivity (Wildman–Crippen MR) is 79.1 cm³/mol. The number of likely N-dealkylation sites (tertiary alicyclic amines) is 1. The Morgan fingerprint density at radius 2 is 1.74 bits per heavy atom. The van der Waals surface area contributed by atoms with Crippen molar-refractivity contribution >= 4 is 0 Å². The minimum absolute atomic E-state index is 0.0442. The van der Waals surface area contributed by atoms with Crippen LogP contribution in [0.25, 0.3) is 0 Å². The molecule has 1 atom stereocenters. The Balaban J connectivity index is 1.92. The summed E-state index contributed by atoms with van der Waals surface area (Å²) in [5.41, 5.74) is 2.60. The van der Waals surface area contributed by atoms with Crippen LogP contribution < -0.4 is 0 Å². The third kappa shape index (κ3) is 1.99. The molecule has 1 unspecified atom stereocenters. The molecule has 2 aliphatic carbocycles. The molecular weight excluding hydrogens is 234 g/mol. The second-order valence-electron chi connectivity index (χ2n) is 7.69. The van der Waals surface area contributed by atoms with E-state index in [1.165, 1.54) is 24.8 Å². The summed E-state index contributed by atoms with van der Waals surface area (Å²) < 4.78 is 0. The highest BCUT2D eigenvalue weighted by Crippen LogP contribution is 2.58. The molecule has 1 aliphatic heterocycles. The lowest BCUT2D eigenvalue weighted by Gasteiger charge is -2.48. The lowest BCUT2D eigenvalue weighted by Crippen LogP contribution is -2.52. The number of hydrogen-bond acceptors (Lipinski definition) is 2. The molecule has 0 bridgehead atoms. The predicted octanol–water partition coefficient (Wildman–Crippen LogP) is 3.36. The maximum absolute atomic E-state index is 11.6. The van der Waals surface area contributed by atoms with E-state index in [0.717, 1.165) is 38.8 Å². The third-order valence-electron chi connectivity index (χ3n) is 6.04. The first-order chi connectivity index (χ1) is 8.95. The van der Waals surface area contributed by atoms with Crippen molar-refractivity contribution in [3.05, 3.63) is 11.1 Å². The number of nitrogens with zero attached hydrogens (tertiary/aromatic N) is 1. The fourth-order valence-electron chi connectivity index (χ4n) is 4.93. The zero-order valence-electron chi connectivity index (χ0n) is 12.8. The molecule has 2 nitrogen and oxygen atoms in total. The molecular formula is C17H29NO. The third-order valence-corrected chi connectivity index (χ3v) is 6.04. The highest BCUT2D eigenvalue weighted by molar-refractivity contribution is 5.37. The second kappa shape index (κ2) is 4.60. The topological polar surface area (TPSA) is 23.5 Å². The molecule has 19 heavy (non-hydrogen) atoms. The normalized spacial score (nSPS) is 36.6. The van der Waals surface area contributed by atoms with Gasteiger partial charge in [0.15, 0.2) is 0 Å². The molecule has 108 valence electrons. The number of allylic oxidation sites excluding steroid dienone is 1. The van der Waals surface area contributed by atoms with E-state index in [9.17, 15) is 5.11 Å². The quantitative estimate of drug-likeness (QED) is 0.733. The molecule has 0 amide bonds. The molecule has 3 rings (SSSR count). The van der Waals surface area contributed by atoms with E-state index in [0.29, 0.717) is 5.92 Å². The summed E-state index contributed by atoms with van der Waals surface area (Å²) in [6.07, 6.45) is 8.46. The number of rotatable bonds is 1. The van der Waals surface area contributed by atoms with Gasteiger partial charge >= 0.3 is 0 Å². The summed E-state index contributed by atoms with van der Waals surface area (Å²) in [6.45, 7) is 6.88. The van der Waals surface area contributed by atoms with E-state index in [4.69, 9.17) is 0 Å². The fraction of sp³-hybridized carbons (Fsp3) is 0.882. The van der Waals surface area contributed by atoms with E-state index >= 15 is 0 Å². The smallest absolute Gasteiger partial charge is 0.0941 e. The van der Waals surface area contributed by atoms with Gasteiger partial charge in [-0.3, -0.25) is 0 Å². The van der Waals surface area contributed by atoms with Gasteiger partial charge in [0.1, 0.15) is 0 Å². The minimum atomic E-state index is -0.510. The monoisotopic (exact) mass is 263 g/mol. The lowest BCUT2D eigenvalue weighted by atomic mass is 9.64. The molecule has 1 heterocycles. The maximum Gasteiger partial charge on any atom is 0.0941 e. The van der Waals surface area contributed by atoms with Crippen LogP contribution >= 0.6 is 0 Å². The maximum atomic E-state index is 11.6. The van der Waals surface area contributed by atoms with E-state index in [-0.39, 0.29) is 5.41 Å². The highest BCUT2D eigenvalue weighted by Gasteiger charge is 2.56. The molecule has 0 spiro atoms. The first kappa shape index (κ1) is 13.6. The molecule has 0 radical (unpaired) electrons. The molecule has 0 saturated carbocycles. The standard InChI is InChI=1S/C17H29NO/c1-16(2)12-13-6-4-5-7-15(13)17(16,19)14-8-10-18(3)11-9-14/h14,19H,4-12H2,1-3H3. The van der Waals surface area contributed by atoms with Crippen LogP contribution in [0.5, 0.6) is 0 Å². The van der Waals surface area contributed by atoms with Gasteiger partial charge < -0.3 is 10.0 Å². The van der Waals surface area contributed by atoms with Crippen molar-refractivity contribution in [1.29, 1.82) is 0 Å². The van der Waals surface area contributed by atoms with Crippen LogP contribution in [0.2, 0.25) is 0 Å². The summed E-state index contributed by atoms with van der Waals surface area (Å²) in [4.78, 5) is 2.40. The van der Waals surface area contributed by atoms with Crippen LogP contribution in [-0.4, -0.2) is 35.7 Å². The van der Waals surface area contributed by atoms with Crippen LogP contribution in [-0.2, 0) is 0 Å². The molecule has 1 fully saturated rings. The molecule has 0 aromatic carbocycles. The number of hydrogen-bond donors (Lipinski definition) is 1. The Kier molecular flexibility index (Phi) is 3.30. The van der Waals surface area contributed by atoms with Crippen LogP contribution in [0.15, 0.2) is 11.1 Å². The van der Waals surface area contributed by atoms with Crippen LogP contribution in [0.4, 0.5) is 0 Å². The van der Waals surface area contributed by atoms with E-state index in [1.54, 1.807) is 5.57 Å². The fourth-order valence-corrected chi connectivity index (χ4v) is 4.93. The molecule has 3 aliphatic rings.